The van der Waals surface area contributed by atoms with Gasteiger partial charge in [-0.05, 0) is 30.5 Å². The van der Waals surface area contributed by atoms with Crippen molar-refractivity contribution in [3.05, 3.63) is 47.3 Å². The van der Waals surface area contributed by atoms with Gasteiger partial charge in [0.05, 0.1) is 35.8 Å². The van der Waals surface area contributed by atoms with Gasteiger partial charge in [0.25, 0.3) is 0 Å². The zero-order valence-corrected chi connectivity index (χ0v) is 12.2. The Morgan fingerprint density at radius 3 is 2.90 bits per heavy atom. The summed E-state index contributed by atoms with van der Waals surface area (Å²) in [6.45, 7) is 7.87. The zero-order valence-electron chi connectivity index (χ0n) is 12.2. The number of nitriles is 1. The Morgan fingerprint density at radius 2 is 2.20 bits per heavy atom. The third kappa shape index (κ3) is 3.39. The molecule has 2 rings (SSSR count). The van der Waals surface area contributed by atoms with Crippen molar-refractivity contribution in [2.75, 3.05) is 0 Å². The molecule has 0 saturated carbocycles. The van der Waals surface area contributed by atoms with Crippen LogP contribution in [0.3, 0.4) is 0 Å². The molecule has 0 fully saturated rings. The van der Waals surface area contributed by atoms with Gasteiger partial charge in [-0.15, -0.1) is 0 Å². The molecule has 0 saturated heterocycles. The number of nitrogens with zero attached hydrogens (tertiary/aromatic N) is 4. The highest BCUT2D eigenvalue weighted by molar-refractivity contribution is 5.39. The van der Waals surface area contributed by atoms with Gasteiger partial charge in [-0.25, -0.2) is 0 Å². The highest BCUT2D eigenvalue weighted by atomic mass is 15.3. The summed E-state index contributed by atoms with van der Waals surface area (Å²) < 4.78 is 2.00. The Hall–Kier alpha value is -2.28. The molecule has 4 nitrogen and oxygen atoms in total. The molecule has 0 unspecified atom stereocenters. The molecule has 103 valence electrons. The molecule has 0 spiro atoms. The molecule has 0 bridgehead atoms. The van der Waals surface area contributed by atoms with Crippen molar-refractivity contribution < 1.29 is 0 Å². The second-order valence-corrected chi connectivity index (χ2v) is 5.32. The van der Waals surface area contributed by atoms with Crippen LogP contribution in [0.4, 0.5) is 5.69 Å². The summed E-state index contributed by atoms with van der Waals surface area (Å²) in [5.41, 5.74) is 3.73. The summed E-state index contributed by atoms with van der Waals surface area (Å²) in [6, 6.07) is 9.69. The standard InChI is InChI=1S/C16H19N4/c1-12(2)11-20-13(3)16(10-19-20)18-9-15-6-4-5-14(7-15)8-17/h4-7,10,12H,9,11H2,1-3H3. The lowest BCUT2D eigenvalue weighted by Crippen LogP contribution is -2.08. The molecule has 0 atom stereocenters. The minimum atomic E-state index is 0.564. The van der Waals surface area contributed by atoms with E-state index in [1.807, 2.05) is 36.0 Å². The molecule has 0 aliphatic heterocycles. The molecule has 20 heavy (non-hydrogen) atoms. The van der Waals surface area contributed by atoms with E-state index in [1.54, 1.807) is 6.07 Å². The molecular weight excluding hydrogens is 248 g/mol. The van der Waals surface area contributed by atoms with Crippen molar-refractivity contribution >= 4 is 5.69 Å². The Kier molecular flexibility index (Phi) is 4.41. The van der Waals surface area contributed by atoms with Crippen LogP contribution in [0.25, 0.3) is 0 Å². The van der Waals surface area contributed by atoms with Gasteiger partial charge in [0.1, 0.15) is 0 Å². The van der Waals surface area contributed by atoms with Gasteiger partial charge < -0.3 is 0 Å². The molecule has 1 heterocycles. The van der Waals surface area contributed by atoms with E-state index in [0.717, 1.165) is 23.5 Å². The molecule has 0 aliphatic rings. The number of benzene rings is 1. The van der Waals surface area contributed by atoms with Gasteiger partial charge in [-0.1, -0.05) is 26.0 Å². The van der Waals surface area contributed by atoms with E-state index >= 15 is 0 Å². The van der Waals surface area contributed by atoms with Crippen molar-refractivity contribution in [1.29, 1.82) is 5.26 Å². The monoisotopic (exact) mass is 267 g/mol. The number of hydrogen-bond acceptors (Lipinski definition) is 2. The molecule has 1 aromatic carbocycles. The molecular formula is C16H19N4. The minimum absolute atomic E-state index is 0.564. The zero-order chi connectivity index (χ0) is 14.5. The predicted octanol–water partition coefficient (Wildman–Crippen LogP) is 3.16. The molecule has 2 aromatic rings. The first kappa shape index (κ1) is 14.1. The second kappa shape index (κ2) is 6.25. The average Bonchev–Trinajstić information content (AvgIpc) is 2.77. The summed E-state index contributed by atoms with van der Waals surface area (Å²) in [4.78, 5) is 0. The number of aromatic nitrogens is 2. The fourth-order valence-corrected chi connectivity index (χ4v) is 2.04. The van der Waals surface area contributed by atoms with E-state index in [0.29, 0.717) is 18.0 Å². The molecule has 4 heteroatoms. The quantitative estimate of drug-likeness (QED) is 0.835. The van der Waals surface area contributed by atoms with Crippen LogP contribution in [0.1, 0.15) is 30.7 Å². The van der Waals surface area contributed by atoms with Crippen LogP contribution in [0.5, 0.6) is 0 Å². The Balaban J connectivity index is 2.04. The molecule has 0 N–H and O–H groups in total. The van der Waals surface area contributed by atoms with E-state index < -0.39 is 0 Å². The average molecular weight is 267 g/mol. The molecule has 0 amide bonds. The fourth-order valence-electron chi connectivity index (χ4n) is 2.04. The third-order valence-electron chi connectivity index (χ3n) is 3.10. The normalized spacial score (nSPS) is 10.6. The maximum absolute atomic E-state index is 8.88. The lowest BCUT2D eigenvalue weighted by Gasteiger charge is -2.08. The topological polar surface area (TPSA) is 55.7 Å². The van der Waals surface area contributed by atoms with Gasteiger partial charge >= 0.3 is 0 Å². The van der Waals surface area contributed by atoms with Gasteiger partial charge in [0.15, 0.2) is 0 Å². The highest BCUT2D eigenvalue weighted by Crippen LogP contribution is 2.16. The summed E-state index contributed by atoms with van der Waals surface area (Å²) in [5.74, 6) is 0.564. The van der Waals surface area contributed by atoms with Crippen LogP contribution in [0.15, 0.2) is 30.5 Å². The lowest BCUT2D eigenvalue weighted by molar-refractivity contribution is 0.474. The van der Waals surface area contributed by atoms with E-state index in [2.05, 4.69) is 30.3 Å². The molecule has 0 aliphatic carbocycles. The largest absolute Gasteiger partial charge is 0.277 e. The van der Waals surface area contributed by atoms with E-state index in [4.69, 9.17) is 5.26 Å². The first-order chi connectivity index (χ1) is 9.60. The highest BCUT2D eigenvalue weighted by Gasteiger charge is 2.08. The molecule has 1 radical (unpaired) electrons. The number of rotatable bonds is 5. The second-order valence-electron chi connectivity index (χ2n) is 5.32. The first-order valence-electron chi connectivity index (χ1n) is 6.79. The summed E-state index contributed by atoms with van der Waals surface area (Å²) in [7, 11) is 0. The van der Waals surface area contributed by atoms with Crippen LogP contribution in [0, 0.1) is 24.2 Å². The first-order valence-corrected chi connectivity index (χ1v) is 6.79. The van der Waals surface area contributed by atoms with Crippen LogP contribution in [-0.4, -0.2) is 9.78 Å². The van der Waals surface area contributed by atoms with Crippen molar-refractivity contribution in [3.8, 4) is 6.07 Å². The predicted molar refractivity (Wildman–Crippen MR) is 78.5 cm³/mol. The lowest BCUT2D eigenvalue weighted by atomic mass is 10.1. The Bertz CT molecular complexity index is 620. The van der Waals surface area contributed by atoms with Crippen LogP contribution in [-0.2, 0) is 13.1 Å². The number of hydrogen-bond donors (Lipinski definition) is 0. The molecule has 1 aromatic heterocycles. The Labute approximate surface area is 120 Å². The Morgan fingerprint density at radius 1 is 1.40 bits per heavy atom. The van der Waals surface area contributed by atoms with Crippen molar-refractivity contribution in [2.45, 2.75) is 33.9 Å². The van der Waals surface area contributed by atoms with Crippen LogP contribution < -0.4 is 5.32 Å². The van der Waals surface area contributed by atoms with Crippen molar-refractivity contribution in [1.82, 2.24) is 15.1 Å². The summed E-state index contributed by atoms with van der Waals surface area (Å²) in [5, 5.41) is 17.8. The van der Waals surface area contributed by atoms with Gasteiger partial charge in [0.2, 0.25) is 0 Å². The van der Waals surface area contributed by atoms with Crippen LogP contribution >= 0.6 is 0 Å². The van der Waals surface area contributed by atoms with Crippen molar-refractivity contribution in [2.24, 2.45) is 5.92 Å². The van der Waals surface area contributed by atoms with Crippen molar-refractivity contribution in [3.63, 3.8) is 0 Å². The van der Waals surface area contributed by atoms with Gasteiger partial charge in [-0.2, -0.15) is 10.4 Å². The van der Waals surface area contributed by atoms with Crippen LogP contribution in [0.2, 0.25) is 0 Å². The van der Waals surface area contributed by atoms with E-state index in [1.165, 1.54) is 0 Å². The minimum Gasteiger partial charge on any atom is -0.277 e. The smallest absolute Gasteiger partial charge is 0.0991 e. The van der Waals surface area contributed by atoms with Gasteiger partial charge in [-0.3, -0.25) is 10.00 Å². The van der Waals surface area contributed by atoms with E-state index in [9.17, 15) is 0 Å². The summed E-state index contributed by atoms with van der Waals surface area (Å²) in [6.07, 6.45) is 1.81. The third-order valence-corrected chi connectivity index (χ3v) is 3.10. The summed E-state index contributed by atoms with van der Waals surface area (Å²) >= 11 is 0. The van der Waals surface area contributed by atoms with Gasteiger partial charge in [0, 0.05) is 6.54 Å². The van der Waals surface area contributed by atoms with E-state index in [-0.39, 0.29) is 0 Å². The maximum Gasteiger partial charge on any atom is 0.0991 e. The fraction of sp³-hybridized carbons (Fsp3) is 0.375. The maximum atomic E-state index is 8.88. The SMILES string of the molecule is Cc1c([N]Cc2cccc(C#N)c2)cnn1CC(C)C.